The van der Waals surface area contributed by atoms with E-state index in [0.29, 0.717) is 23.2 Å². The Hall–Kier alpha value is -0.600. The lowest BCUT2D eigenvalue weighted by atomic mass is 9.46. The van der Waals surface area contributed by atoms with Gasteiger partial charge in [-0.25, -0.2) is 0 Å². The molecule has 0 bridgehead atoms. The van der Waals surface area contributed by atoms with Gasteiger partial charge in [0.05, 0.1) is 11.7 Å². The molecule has 3 fully saturated rings. The third kappa shape index (κ3) is 3.88. The van der Waals surface area contributed by atoms with Crippen molar-refractivity contribution < 1.29 is 10.2 Å². The van der Waals surface area contributed by atoms with Crippen LogP contribution >= 0.6 is 0 Å². The van der Waals surface area contributed by atoms with Gasteiger partial charge in [-0.3, -0.25) is 0 Å². The van der Waals surface area contributed by atoms with Gasteiger partial charge in [0.1, 0.15) is 0 Å². The highest BCUT2D eigenvalue weighted by Gasteiger charge is 2.61. The van der Waals surface area contributed by atoms with Gasteiger partial charge >= 0.3 is 0 Å². The van der Waals surface area contributed by atoms with E-state index in [9.17, 15) is 10.2 Å². The van der Waals surface area contributed by atoms with Gasteiger partial charge in [-0.05, 0) is 117 Å². The molecule has 0 aliphatic heterocycles. The van der Waals surface area contributed by atoms with Crippen molar-refractivity contribution in [1.82, 2.24) is 0 Å². The number of allylic oxidation sites excluding steroid dienone is 2. The van der Waals surface area contributed by atoms with Crippen LogP contribution in [0, 0.1) is 46.3 Å². The first-order valence-corrected chi connectivity index (χ1v) is 13.3. The van der Waals surface area contributed by atoms with E-state index in [1.165, 1.54) is 32.1 Å². The summed E-state index contributed by atoms with van der Waals surface area (Å²) in [6.07, 6.45) is 15.7. The number of aliphatic hydroxyl groups excluding tert-OH is 1. The molecule has 4 rings (SSSR count). The van der Waals surface area contributed by atoms with Crippen molar-refractivity contribution >= 4 is 0 Å². The number of hydrogen-bond acceptors (Lipinski definition) is 2. The molecule has 0 spiro atoms. The Kier molecular flexibility index (Phi) is 6.32. The summed E-state index contributed by atoms with van der Waals surface area (Å²) in [6.45, 7) is 15.8. The van der Waals surface area contributed by atoms with Gasteiger partial charge in [-0.2, -0.15) is 0 Å². The Morgan fingerprint density at radius 1 is 1.16 bits per heavy atom. The Balaban J connectivity index is 1.52. The lowest BCUT2D eigenvalue weighted by Gasteiger charge is -2.59. The van der Waals surface area contributed by atoms with Crippen molar-refractivity contribution in [2.24, 2.45) is 46.3 Å². The van der Waals surface area contributed by atoms with E-state index >= 15 is 0 Å². The van der Waals surface area contributed by atoms with E-state index in [-0.39, 0.29) is 11.5 Å². The summed E-state index contributed by atoms with van der Waals surface area (Å²) in [5, 5.41) is 22.0. The molecule has 0 amide bonds. The van der Waals surface area contributed by atoms with E-state index < -0.39 is 5.60 Å². The van der Waals surface area contributed by atoms with Crippen molar-refractivity contribution in [3.63, 3.8) is 0 Å². The predicted molar refractivity (Wildman–Crippen MR) is 130 cm³/mol. The largest absolute Gasteiger partial charge is 0.393 e. The van der Waals surface area contributed by atoms with Crippen LogP contribution in [0.15, 0.2) is 24.3 Å². The fraction of sp³-hybridized carbons (Fsp3) is 0.862. The molecule has 0 aromatic carbocycles. The van der Waals surface area contributed by atoms with Gasteiger partial charge in [0.25, 0.3) is 0 Å². The third-order valence-electron chi connectivity index (χ3n) is 11.0. The van der Waals surface area contributed by atoms with Crippen molar-refractivity contribution in [3.05, 3.63) is 24.3 Å². The number of hydrogen-bond donors (Lipinski definition) is 2. The zero-order valence-corrected chi connectivity index (χ0v) is 20.9. The van der Waals surface area contributed by atoms with E-state index in [2.05, 4.69) is 53.3 Å². The molecule has 31 heavy (non-hydrogen) atoms. The maximum absolute atomic E-state index is 11.7. The minimum atomic E-state index is -0.582. The molecule has 0 radical (unpaired) electrons. The minimum Gasteiger partial charge on any atom is -0.393 e. The molecular formula is C29H48O2. The zero-order chi connectivity index (χ0) is 22.6. The highest BCUT2D eigenvalue weighted by molar-refractivity contribution is 5.25. The fourth-order valence-electron chi connectivity index (χ4n) is 9.02. The van der Waals surface area contributed by atoms with Crippen molar-refractivity contribution in [2.45, 2.75) is 111 Å². The van der Waals surface area contributed by atoms with Crippen LogP contribution in [0.1, 0.15) is 98.8 Å². The number of fused-ring (bicyclic) bond motifs is 5. The Morgan fingerprint density at radius 3 is 2.58 bits per heavy atom. The fourth-order valence-corrected chi connectivity index (χ4v) is 9.02. The molecule has 176 valence electrons. The van der Waals surface area contributed by atoms with Crippen LogP contribution in [0.2, 0.25) is 0 Å². The maximum Gasteiger partial charge on any atom is 0.0653 e. The predicted octanol–water partition coefficient (Wildman–Crippen LogP) is 6.92. The molecule has 2 heteroatoms. The normalized spacial score (nSPS) is 45.2. The molecule has 2 nitrogen and oxygen atoms in total. The SMILES string of the molecule is C=C[C@H](CC[C@](C)(O)[C@H]1CC[C@H]2[C@@H]3CC=C4CC(O)CC[C@]4(C)[C@H]3CC[C@@]21C)C(C)C. The summed E-state index contributed by atoms with van der Waals surface area (Å²) in [5.41, 5.74) is 1.54. The standard InChI is InChI=1S/C29H48O2/c1-7-20(19(2)3)12-17-29(6,31)26-11-10-24-23-9-8-21-18-22(30)13-15-27(21,4)25(23)14-16-28(24,26)5/h7-8,19-20,22-26,30-31H,1,9-18H2,2-6H3/t20-,22?,23+,24+,25+,26+,27+,28+,29+/m1/s1. The van der Waals surface area contributed by atoms with Gasteiger partial charge in [-0.15, -0.1) is 6.58 Å². The van der Waals surface area contributed by atoms with Gasteiger partial charge in [0.2, 0.25) is 0 Å². The lowest BCUT2D eigenvalue weighted by Crippen LogP contribution is -2.53. The van der Waals surface area contributed by atoms with Gasteiger partial charge in [0.15, 0.2) is 0 Å². The number of aliphatic hydroxyl groups is 2. The third-order valence-corrected chi connectivity index (χ3v) is 11.0. The smallest absolute Gasteiger partial charge is 0.0653 e. The average molecular weight is 429 g/mol. The minimum absolute atomic E-state index is 0.124. The number of rotatable bonds is 6. The van der Waals surface area contributed by atoms with Crippen LogP contribution in [-0.4, -0.2) is 21.9 Å². The second kappa shape index (κ2) is 8.32. The molecule has 3 saturated carbocycles. The summed E-state index contributed by atoms with van der Waals surface area (Å²) < 4.78 is 0. The molecule has 0 aromatic rings. The van der Waals surface area contributed by atoms with Crippen LogP contribution in [-0.2, 0) is 0 Å². The summed E-state index contributed by atoms with van der Waals surface area (Å²) in [5.74, 6) is 3.77. The van der Waals surface area contributed by atoms with Crippen molar-refractivity contribution in [3.8, 4) is 0 Å². The Bertz CT molecular complexity index is 706. The van der Waals surface area contributed by atoms with E-state index in [1.54, 1.807) is 5.57 Å². The second-order valence-electron chi connectivity index (χ2n) is 12.9. The molecule has 0 aromatic heterocycles. The molecule has 4 aliphatic rings. The van der Waals surface area contributed by atoms with Crippen LogP contribution in [0.4, 0.5) is 0 Å². The first-order chi connectivity index (χ1) is 14.5. The molecule has 2 N–H and O–H groups in total. The molecule has 1 unspecified atom stereocenters. The maximum atomic E-state index is 11.7. The lowest BCUT2D eigenvalue weighted by molar-refractivity contribution is -0.106. The molecular weight excluding hydrogens is 380 g/mol. The highest BCUT2D eigenvalue weighted by Crippen LogP contribution is 2.67. The summed E-state index contributed by atoms with van der Waals surface area (Å²) >= 11 is 0. The topological polar surface area (TPSA) is 40.5 Å². The summed E-state index contributed by atoms with van der Waals surface area (Å²) in [6, 6.07) is 0. The van der Waals surface area contributed by atoms with E-state index in [0.717, 1.165) is 49.9 Å². The summed E-state index contributed by atoms with van der Waals surface area (Å²) in [4.78, 5) is 0. The zero-order valence-electron chi connectivity index (χ0n) is 20.9. The van der Waals surface area contributed by atoms with Gasteiger partial charge in [0, 0.05) is 0 Å². The molecule has 4 aliphatic carbocycles. The van der Waals surface area contributed by atoms with Crippen molar-refractivity contribution in [1.29, 1.82) is 0 Å². The van der Waals surface area contributed by atoms with Crippen LogP contribution < -0.4 is 0 Å². The quantitative estimate of drug-likeness (QED) is 0.451. The first kappa shape index (κ1) is 23.6. The van der Waals surface area contributed by atoms with Crippen LogP contribution in [0.5, 0.6) is 0 Å². The molecule has 0 heterocycles. The monoisotopic (exact) mass is 428 g/mol. The van der Waals surface area contributed by atoms with Gasteiger partial charge < -0.3 is 10.2 Å². The second-order valence-corrected chi connectivity index (χ2v) is 12.9. The van der Waals surface area contributed by atoms with E-state index in [1.807, 2.05) is 0 Å². The van der Waals surface area contributed by atoms with Gasteiger partial charge in [-0.1, -0.05) is 45.4 Å². The molecule has 0 saturated heterocycles. The summed E-state index contributed by atoms with van der Waals surface area (Å²) in [7, 11) is 0. The highest BCUT2D eigenvalue weighted by atomic mass is 16.3. The first-order valence-electron chi connectivity index (χ1n) is 13.3. The van der Waals surface area contributed by atoms with Crippen LogP contribution in [0.3, 0.4) is 0 Å². The van der Waals surface area contributed by atoms with E-state index in [4.69, 9.17) is 0 Å². The Morgan fingerprint density at radius 2 is 1.90 bits per heavy atom. The Labute approximate surface area is 191 Å². The molecule has 9 atom stereocenters. The average Bonchev–Trinajstić information content (AvgIpc) is 3.07. The van der Waals surface area contributed by atoms with Crippen molar-refractivity contribution in [2.75, 3.05) is 0 Å². The van der Waals surface area contributed by atoms with Crippen LogP contribution in [0.25, 0.3) is 0 Å².